The number of nitrogens with one attached hydrogen (secondary N) is 1. The van der Waals surface area contributed by atoms with E-state index in [2.05, 4.69) is 27.7 Å². The van der Waals surface area contributed by atoms with Gasteiger partial charge in [-0.3, -0.25) is 18.5 Å². The molecule has 202 valence electrons. The van der Waals surface area contributed by atoms with Crippen molar-refractivity contribution < 1.29 is 19.5 Å². The first-order chi connectivity index (χ1) is 18.3. The molecule has 2 saturated heterocycles. The number of carbonyl (C=O) groups excluding carboxylic acids is 3. The Labute approximate surface area is 237 Å². The number of hydrogen-bond acceptors (Lipinski definition) is 7. The zero-order chi connectivity index (χ0) is 27.4. The molecule has 4 N–H and O–H groups in total. The molecule has 11 nitrogen and oxygen atoms in total. The number of amides is 4. The standard InChI is InChI=1S/C25H30IN7O4S/c1-3-11-31(25(37)28-2)32-15-22(35)33-19(12-16-7-9-18(34)10-8-16)24(36)30(14-21(32)33)13-17-5-4-6-20(38)23(17)29-26-27/h3-10,19,21,34,38H,1,11-15H2,2H3,(H2,27,29)(H,28,37)/t19?,21-/m1/s1. The average molecular weight is 652 g/mol. The number of halogens is 1. The topological polar surface area (TPSA) is 135 Å². The van der Waals surface area contributed by atoms with Crippen molar-refractivity contribution in [2.24, 2.45) is 7.09 Å². The van der Waals surface area contributed by atoms with Gasteiger partial charge >= 0.3 is 6.03 Å². The molecule has 2 aliphatic heterocycles. The number of aromatic hydroxyl groups is 1. The maximum Gasteiger partial charge on any atom is 0.332 e. The second kappa shape index (κ2) is 12.2. The van der Waals surface area contributed by atoms with Crippen LogP contribution in [0.25, 0.3) is 0 Å². The minimum absolute atomic E-state index is 0.0521. The van der Waals surface area contributed by atoms with Gasteiger partial charge < -0.3 is 20.2 Å². The largest absolute Gasteiger partial charge is 0.508 e. The lowest BCUT2D eigenvalue weighted by atomic mass is 9.99. The van der Waals surface area contributed by atoms with Crippen LogP contribution in [0.15, 0.2) is 63.2 Å². The number of urea groups is 1. The van der Waals surface area contributed by atoms with Crippen LogP contribution >= 0.6 is 33.9 Å². The average Bonchev–Trinajstić information content (AvgIpc) is 3.23. The van der Waals surface area contributed by atoms with E-state index in [0.29, 0.717) is 10.6 Å². The maximum atomic E-state index is 13.9. The fourth-order valence-electron chi connectivity index (χ4n) is 4.86. The SMILES string of the molecule is C=CCN(C(=O)NC)N1CC(=O)N2C(Cc3ccc(O)cc3)C(=O)N(Cc3cccc(S)c3N=IN)C[C@@H]21. The number of nitrogens with zero attached hydrogens (tertiary/aromatic N) is 5. The summed E-state index contributed by atoms with van der Waals surface area (Å²) in [6, 6.07) is 10.9. The number of thiol groups is 1. The van der Waals surface area contributed by atoms with Crippen LogP contribution in [0.3, 0.4) is 0 Å². The van der Waals surface area contributed by atoms with Crippen molar-refractivity contribution in [1.29, 1.82) is 0 Å². The molecule has 38 heavy (non-hydrogen) atoms. The Balaban J connectivity index is 1.73. The number of phenolic OH excluding ortho intramolecular Hbond substituents is 1. The highest BCUT2D eigenvalue weighted by molar-refractivity contribution is 14.1. The minimum atomic E-state index is -0.902. The molecule has 1 unspecified atom stereocenters. The van der Waals surface area contributed by atoms with Crippen LogP contribution in [0.1, 0.15) is 11.1 Å². The molecule has 13 heteroatoms. The lowest BCUT2D eigenvalue weighted by molar-refractivity contribution is -0.157. The van der Waals surface area contributed by atoms with Crippen LogP contribution in [0.5, 0.6) is 5.75 Å². The number of hydrazine groups is 1. The highest BCUT2D eigenvalue weighted by atomic mass is 127. The first-order valence-corrected chi connectivity index (χ1v) is 14.5. The predicted octanol–water partition coefficient (Wildman–Crippen LogP) is 2.51. The van der Waals surface area contributed by atoms with Crippen molar-refractivity contribution in [2.75, 3.05) is 26.7 Å². The third-order valence-corrected chi connectivity index (χ3v) is 7.71. The maximum absolute atomic E-state index is 13.9. The molecule has 0 spiro atoms. The molecule has 0 aromatic heterocycles. The van der Waals surface area contributed by atoms with Crippen LogP contribution in [-0.2, 0) is 22.6 Å². The van der Waals surface area contributed by atoms with Gasteiger partial charge in [0.15, 0.2) is 0 Å². The van der Waals surface area contributed by atoms with E-state index in [0.717, 1.165) is 11.1 Å². The molecule has 4 amide bonds. The van der Waals surface area contributed by atoms with Crippen LogP contribution in [0.4, 0.5) is 10.5 Å². The van der Waals surface area contributed by atoms with E-state index >= 15 is 0 Å². The van der Waals surface area contributed by atoms with Crippen LogP contribution in [0.2, 0.25) is 0 Å². The molecule has 2 aliphatic rings. The van der Waals surface area contributed by atoms with Crippen LogP contribution in [0, 0.1) is 0 Å². The van der Waals surface area contributed by atoms with E-state index in [1.54, 1.807) is 45.2 Å². The Kier molecular flexibility index (Phi) is 9.02. The van der Waals surface area contributed by atoms with Gasteiger partial charge in [-0.1, -0.05) is 30.3 Å². The molecule has 2 aromatic rings. The van der Waals surface area contributed by atoms with Crippen molar-refractivity contribution in [3.8, 4) is 5.75 Å². The van der Waals surface area contributed by atoms with Gasteiger partial charge in [0, 0.05) is 24.9 Å². The van der Waals surface area contributed by atoms with E-state index in [1.807, 2.05) is 18.2 Å². The molecular weight excluding hydrogens is 621 g/mol. The van der Waals surface area contributed by atoms with E-state index in [1.165, 1.54) is 12.1 Å². The quantitative estimate of drug-likeness (QED) is 0.150. The second-order valence-electron chi connectivity index (χ2n) is 8.88. The summed E-state index contributed by atoms with van der Waals surface area (Å²) < 4.78 is 10.3. The van der Waals surface area contributed by atoms with Crippen LogP contribution in [-0.4, -0.2) is 81.7 Å². The number of nitrogens with two attached hydrogens (primary N) is 1. The summed E-state index contributed by atoms with van der Waals surface area (Å²) in [5.74, 6) is -0.341. The van der Waals surface area contributed by atoms with Gasteiger partial charge in [0.1, 0.15) is 18.0 Å². The predicted molar refractivity (Wildman–Crippen MR) is 154 cm³/mol. The number of piperazine rings is 1. The van der Waals surface area contributed by atoms with Gasteiger partial charge in [-0.2, -0.15) is 5.01 Å². The van der Waals surface area contributed by atoms with Gasteiger partial charge in [-0.25, -0.2) is 7.94 Å². The molecule has 2 aromatic carbocycles. The summed E-state index contributed by atoms with van der Waals surface area (Å²) in [5, 5.41) is 15.5. The van der Waals surface area contributed by atoms with Crippen molar-refractivity contribution in [1.82, 2.24) is 25.1 Å². The fourth-order valence-corrected chi connectivity index (χ4v) is 6.18. The third-order valence-electron chi connectivity index (χ3n) is 6.59. The van der Waals surface area contributed by atoms with Gasteiger partial charge in [0.05, 0.1) is 46.6 Å². The number of benzene rings is 2. The third kappa shape index (κ3) is 5.70. The highest BCUT2D eigenvalue weighted by Gasteiger charge is 2.52. The van der Waals surface area contributed by atoms with Crippen molar-refractivity contribution >= 4 is 57.5 Å². The lowest BCUT2D eigenvalue weighted by Crippen LogP contribution is -2.65. The molecule has 0 aliphatic carbocycles. The van der Waals surface area contributed by atoms with Gasteiger partial charge in [-0.05, 0) is 29.3 Å². The number of fused-ring (bicyclic) bond motifs is 1. The van der Waals surface area contributed by atoms with Crippen LogP contribution < -0.4 is 9.26 Å². The van der Waals surface area contributed by atoms with Crippen molar-refractivity contribution in [3.63, 3.8) is 0 Å². The Morgan fingerprint density at radius 2 is 2.05 bits per heavy atom. The Hall–Kier alpha value is -3.01. The van der Waals surface area contributed by atoms with E-state index in [9.17, 15) is 19.5 Å². The zero-order valence-corrected chi connectivity index (χ0v) is 23.9. The smallest absolute Gasteiger partial charge is 0.332 e. The molecule has 2 heterocycles. The van der Waals surface area contributed by atoms with Crippen molar-refractivity contribution in [3.05, 3.63) is 66.2 Å². The first kappa shape index (κ1) is 28.0. The summed E-state index contributed by atoms with van der Waals surface area (Å²) in [6.07, 6.45) is 1.27. The highest BCUT2D eigenvalue weighted by Crippen LogP contribution is 2.34. The Morgan fingerprint density at radius 1 is 1.32 bits per heavy atom. The fraction of sp³-hybridized carbons (Fsp3) is 0.320. The summed E-state index contributed by atoms with van der Waals surface area (Å²) in [4.78, 5) is 43.9. The lowest BCUT2D eigenvalue weighted by Gasteiger charge is -2.46. The van der Waals surface area contributed by atoms with E-state index < -0.39 is 33.5 Å². The number of hydrogen-bond donors (Lipinski definition) is 4. The molecule has 2 atom stereocenters. The summed E-state index contributed by atoms with van der Waals surface area (Å²) in [6.45, 7) is 4.33. The van der Waals surface area contributed by atoms with Gasteiger partial charge in [-0.15, -0.1) is 19.2 Å². The zero-order valence-electron chi connectivity index (χ0n) is 20.8. The van der Waals surface area contributed by atoms with E-state index in [4.69, 9.17) is 3.95 Å². The van der Waals surface area contributed by atoms with Gasteiger partial charge in [0.2, 0.25) is 11.8 Å². The first-order valence-electron chi connectivity index (χ1n) is 11.9. The minimum Gasteiger partial charge on any atom is -0.508 e. The molecule has 0 saturated carbocycles. The summed E-state index contributed by atoms with van der Waals surface area (Å²) in [7, 11) is 1.52. The van der Waals surface area contributed by atoms with E-state index in [-0.39, 0.29) is 56.2 Å². The van der Waals surface area contributed by atoms with Crippen molar-refractivity contribution in [2.45, 2.75) is 30.1 Å². The second-order valence-corrected chi connectivity index (χ2v) is 10.4. The summed E-state index contributed by atoms with van der Waals surface area (Å²) in [5.41, 5.74) is 2.26. The summed E-state index contributed by atoms with van der Waals surface area (Å²) >= 11 is 3.62. The Bertz CT molecular complexity index is 1260. The molecule has 2 fully saturated rings. The normalized spacial score (nSPS) is 19.9. The monoisotopic (exact) mass is 651 g/mol. The number of rotatable bonds is 8. The molecular formula is C25H30IN7O4S. The van der Waals surface area contributed by atoms with Gasteiger partial charge in [0.25, 0.3) is 0 Å². The molecule has 4 rings (SSSR count). The molecule has 0 bridgehead atoms. The molecule has 0 radical (unpaired) electrons. The Morgan fingerprint density at radius 3 is 2.71 bits per heavy atom. The number of carbonyl (C=O) groups is 3. The number of phenols is 1.